The third-order valence-electron chi connectivity index (χ3n) is 4.81. The third kappa shape index (κ3) is 4.10. The number of hydrogen-bond donors (Lipinski definition) is 2. The molecule has 110 valence electrons. The standard InChI is InChI=1S/C15H28N2O2/c1-15(7-4-2-3-5-8-15)12-16-14(19)17-9-6-13(10-17)11-18/h13,18H,2-12H2,1H3,(H,16,19). The van der Waals surface area contributed by atoms with Crippen molar-refractivity contribution in [1.29, 1.82) is 0 Å². The van der Waals surface area contributed by atoms with Crippen LogP contribution in [0, 0.1) is 11.3 Å². The van der Waals surface area contributed by atoms with Crippen LogP contribution >= 0.6 is 0 Å². The smallest absolute Gasteiger partial charge is 0.317 e. The number of rotatable bonds is 3. The summed E-state index contributed by atoms with van der Waals surface area (Å²) in [6.45, 7) is 4.79. The van der Waals surface area contributed by atoms with Gasteiger partial charge in [0.1, 0.15) is 0 Å². The number of nitrogens with one attached hydrogen (secondary N) is 1. The van der Waals surface area contributed by atoms with E-state index in [2.05, 4.69) is 12.2 Å². The first-order valence-corrected chi connectivity index (χ1v) is 7.77. The van der Waals surface area contributed by atoms with E-state index in [1.54, 1.807) is 0 Å². The van der Waals surface area contributed by atoms with Crippen LogP contribution in [0.3, 0.4) is 0 Å². The molecule has 4 heteroatoms. The number of likely N-dealkylation sites (tertiary alicyclic amines) is 1. The van der Waals surface area contributed by atoms with Gasteiger partial charge in [0.05, 0.1) is 0 Å². The number of amides is 2. The maximum Gasteiger partial charge on any atom is 0.317 e. The lowest BCUT2D eigenvalue weighted by Crippen LogP contribution is -2.43. The minimum Gasteiger partial charge on any atom is -0.396 e. The molecule has 2 amide bonds. The van der Waals surface area contributed by atoms with Crippen molar-refractivity contribution in [2.45, 2.75) is 51.9 Å². The van der Waals surface area contributed by atoms with Crippen molar-refractivity contribution in [3.63, 3.8) is 0 Å². The van der Waals surface area contributed by atoms with Crippen molar-refractivity contribution in [1.82, 2.24) is 10.2 Å². The molecule has 2 aliphatic rings. The van der Waals surface area contributed by atoms with Gasteiger partial charge in [-0.3, -0.25) is 0 Å². The first kappa shape index (κ1) is 14.6. The van der Waals surface area contributed by atoms with E-state index in [-0.39, 0.29) is 24.0 Å². The van der Waals surface area contributed by atoms with Crippen LogP contribution in [0.5, 0.6) is 0 Å². The first-order chi connectivity index (χ1) is 9.13. The molecule has 0 aromatic carbocycles. The van der Waals surface area contributed by atoms with E-state index in [0.29, 0.717) is 6.54 Å². The summed E-state index contributed by atoms with van der Waals surface area (Å²) in [5.41, 5.74) is 0.280. The zero-order chi connectivity index (χ0) is 13.7. The van der Waals surface area contributed by atoms with E-state index in [9.17, 15) is 4.79 Å². The summed E-state index contributed by atoms with van der Waals surface area (Å²) in [5, 5.41) is 12.2. The van der Waals surface area contributed by atoms with Crippen molar-refractivity contribution in [3.8, 4) is 0 Å². The van der Waals surface area contributed by atoms with Crippen LogP contribution in [0.1, 0.15) is 51.9 Å². The average molecular weight is 268 g/mol. The molecule has 1 aliphatic heterocycles. The maximum absolute atomic E-state index is 12.1. The van der Waals surface area contributed by atoms with Gasteiger partial charge in [-0.05, 0) is 24.7 Å². The van der Waals surface area contributed by atoms with E-state index >= 15 is 0 Å². The Bertz CT molecular complexity index is 299. The fourth-order valence-electron chi connectivity index (χ4n) is 3.33. The molecule has 0 spiro atoms. The summed E-state index contributed by atoms with van der Waals surface area (Å²) < 4.78 is 0. The van der Waals surface area contributed by atoms with Crippen LogP contribution in [0.4, 0.5) is 4.79 Å². The fourth-order valence-corrected chi connectivity index (χ4v) is 3.33. The minimum absolute atomic E-state index is 0.0569. The molecule has 2 rings (SSSR count). The molecule has 1 heterocycles. The second-order valence-corrected chi connectivity index (χ2v) is 6.67. The lowest BCUT2D eigenvalue weighted by atomic mass is 9.82. The van der Waals surface area contributed by atoms with Gasteiger partial charge in [0.15, 0.2) is 0 Å². The SMILES string of the molecule is CC1(CNC(=O)N2CCC(CO)C2)CCCCCC1. The van der Waals surface area contributed by atoms with Crippen molar-refractivity contribution < 1.29 is 9.90 Å². The molecule has 1 saturated heterocycles. The third-order valence-corrected chi connectivity index (χ3v) is 4.81. The van der Waals surface area contributed by atoms with Crippen molar-refractivity contribution in [3.05, 3.63) is 0 Å². The Morgan fingerprint density at radius 2 is 2.00 bits per heavy atom. The number of carbonyl (C=O) groups excluding carboxylic acids is 1. The van der Waals surface area contributed by atoms with Gasteiger partial charge in [-0.25, -0.2) is 4.79 Å². The second kappa shape index (κ2) is 6.60. The highest BCUT2D eigenvalue weighted by Crippen LogP contribution is 2.33. The molecule has 0 radical (unpaired) electrons. The predicted molar refractivity (Wildman–Crippen MR) is 76.0 cm³/mol. The number of aliphatic hydroxyl groups excluding tert-OH is 1. The van der Waals surface area contributed by atoms with Crippen molar-refractivity contribution in [2.75, 3.05) is 26.2 Å². The summed E-state index contributed by atoms with van der Waals surface area (Å²) in [5.74, 6) is 0.277. The van der Waals surface area contributed by atoms with Gasteiger partial charge in [-0.15, -0.1) is 0 Å². The van der Waals surface area contributed by atoms with E-state index in [1.165, 1.54) is 38.5 Å². The molecule has 2 N–H and O–H groups in total. The summed E-state index contributed by atoms with van der Waals surface area (Å²) in [7, 11) is 0. The number of urea groups is 1. The minimum atomic E-state index is 0.0569. The zero-order valence-corrected chi connectivity index (χ0v) is 12.2. The van der Waals surface area contributed by atoms with Crippen LogP contribution in [-0.4, -0.2) is 42.3 Å². The van der Waals surface area contributed by atoms with Crippen LogP contribution in [0.25, 0.3) is 0 Å². The van der Waals surface area contributed by atoms with E-state index in [0.717, 1.165) is 19.5 Å². The van der Waals surface area contributed by atoms with Gasteiger partial charge >= 0.3 is 6.03 Å². The van der Waals surface area contributed by atoms with E-state index in [4.69, 9.17) is 5.11 Å². The number of nitrogens with zero attached hydrogens (tertiary/aromatic N) is 1. The zero-order valence-electron chi connectivity index (χ0n) is 12.2. The van der Waals surface area contributed by atoms with E-state index in [1.807, 2.05) is 4.90 Å². The summed E-state index contributed by atoms with van der Waals surface area (Å²) in [6, 6.07) is 0.0569. The Kier molecular flexibility index (Phi) is 5.08. The molecule has 0 aromatic heterocycles. The van der Waals surface area contributed by atoms with Crippen molar-refractivity contribution >= 4 is 6.03 Å². The Morgan fingerprint density at radius 3 is 2.58 bits per heavy atom. The number of carbonyl (C=O) groups is 1. The topological polar surface area (TPSA) is 52.6 Å². The predicted octanol–water partition coefficient (Wildman–Crippen LogP) is 2.37. The van der Waals surface area contributed by atoms with Gasteiger partial charge < -0.3 is 15.3 Å². The summed E-state index contributed by atoms with van der Waals surface area (Å²) >= 11 is 0. The van der Waals surface area contributed by atoms with Gasteiger partial charge in [-0.2, -0.15) is 0 Å². The van der Waals surface area contributed by atoms with Gasteiger partial charge in [0.25, 0.3) is 0 Å². The van der Waals surface area contributed by atoms with Crippen LogP contribution < -0.4 is 5.32 Å². The lowest BCUT2D eigenvalue weighted by molar-refractivity contribution is 0.188. The first-order valence-electron chi connectivity index (χ1n) is 7.77. The van der Waals surface area contributed by atoms with Crippen LogP contribution in [0.15, 0.2) is 0 Å². The monoisotopic (exact) mass is 268 g/mol. The molecule has 1 unspecified atom stereocenters. The quantitative estimate of drug-likeness (QED) is 0.772. The molecule has 1 atom stereocenters. The Morgan fingerprint density at radius 1 is 1.32 bits per heavy atom. The Balaban J connectivity index is 1.76. The van der Waals surface area contributed by atoms with Crippen LogP contribution in [-0.2, 0) is 0 Å². The maximum atomic E-state index is 12.1. The molecule has 4 nitrogen and oxygen atoms in total. The fraction of sp³-hybridized carbons (Fsp3) is 0.933. The molecule has 19 heavy (non-hydrogen) atoms. The molecule has 1 saturated carbocycles. The second-order valence-electron chi connectivity index (χ2n) is 6.67. The molecule has 0 aromatic rings. The Hall–Kier alpha value is -0.770. The molecule has 0 bridgehead atoms. The molecular formula is C15H28N2O2. The van der Waals surface area contributed by atoms with Gasteiger partial charge in [0, 0.05) is 32.2 Å². The van der Waals surface area contributed by atoms with Crippen LogP contribution in [0.2, 0.25) is 0 Å². The highest BCUT2D eigenvalue weighted by molar-refractivity contribution is 5.74. The van der Waals surface area contributed by atoms with Gasteiger partial charge in [-0.1, -0.05) is 32.6 Å². The molecule has 2 fully saturated rings. The van der Waals surface area contributed by atoms with Gasteiger partial charge in [0.2, 0.25) is 0 Å². The number of hydrogen-bond acceptors (Lipinski definition) is 2. The lowest BCUT2D eigenvalue weighted by Gasteiger charge is -2.29. The highest BCUT2D eigenvalue weighted by Gasteiger charge is 2.29. The van der Waals surface area contributed by atoms with Crippen molar-refractivity contribution in [2.24, 2.45) is 11.3 Å². The summed E-state index contributed by atoms with van der Waals surface area (Å²) in [6.07, 6.45) is 8.66. The average Bonchev–Trinajstić information content (AvgIpc) is 2.79. The number of aliphatic hydroxyl groups is 1. The highest BCUT2D eigenvalue weighted by atomic mass is 16.3. The molecular weight excluding hydrogens is 240 g/mol. The largest absolute Gasteiger partial charge is 0.396 e. The Labute approximate surface area is 116 Å². The summed E-state index contributed by atoms with van der Waals surface area (Å²) in [4.78, 5) is 14.0. The normalized spacial score (nSPS) is 27.1. The van der Waals surface area contributed by atoms with E-state index < -0.39 is 0 Å². The molecule has 1 aliphatic carbocycles.